The number of carbonyl (C=O) groups excluding carboxylic acids is 2. The number of nitrogens with one attached hydrogen (secondary N) is 2. The van der Waals surface area contributed by atoms with E-state index < -0.39 is 24.6 Å². The van der Waals surface area contributed by atoms with Crippen LogP contribution >= 0.6 is 0 Å². The van der Waals surface area contributed by atoms with Gasteiger partial charge >= 0.3 is 12.1 Å². The van der Waals surface area contributed by atoms with E-state index in [1.807, 2.05) is 20.8 Å². The Morgan fingerprint density at radius 2 is 1.92 bits per heavy atom. The van der Waals surface area contributed by atoms with E-state index in [-0.39, 0.29) is 12.1 Å². The molecule has 38 heavy (non-hydrogen) atoms. The standard InChI is InChI=1S/C26H34F2N6O4/c1-16-15-37-12-11-34(16)23-19-14-33(25(36)38-26(2,3)4)10-9-20(19)31-22(32-23)17-5-7-18(8-6-17)30-24(35)29-13-21(27)28/h5-8,16,21H,9-15H2,1-4H3,(H2,29,30,35). The molecule has 0 saturated carbocycles. The number of benzene rings is 1. The molecule has 4 rings (SSSR count). The summed E-state index contributed by atoms with van der Waals surface area (Å²) in [6, 6.07) is 6.26. The minimum Gasteiger partial charge on any atom is -0.444 e. The number of ether oxygens (including phenoxy) is 2. The van der Waals surface area contributed by atoms with Crippen molar-refractivity contribution in [3.63, 3.8) is 0 Å². The molecule has 0 bridgehead atoms. The van der Waals surface area contributed by atoms with E-state index in [1.54, 1.807) is 29.2 Å². The lowest BCUT2D eigenvalue weighted by Crippen LogP contribution is -2.46. The molecule has 2 aliphatic heterocycles. The number of morpholine rings is 1. The Kier molecular flexibility index (Phi) is 8.29. The Labute approximate surface area is 220 Å². The number of fused-ring (bicyclic) bond motifs is 1. The average molecular weight is 533 g/mol. The zero-order chi connectivity index (χ0) is 27.4. The molecule has 1 aromatic carbocycles. The Morgan fingerprint density at radius 1 is 1.18 bits per heavy atom. The highest BCUT2D eigenvalue weighted by Gasteiger charge is 2.32. The predicted octanol–water partition coefficient (Wildman–Crippen LogP) is 4.05. The number of amides is 3. The van der Waals surface area contributed by atoms with Crippen LogP contribution in [0.2, 0.25) is 0 Å². The summed E-state index contributed by atoms with van der Waals surface area (Å²) >= 11 is 0. The number of alkyl halides is 2. The molecule has 2 N–H and O–H groups in total. The summed E-state index contributed by atoms with van der Waals surface area (Å²) in [4.78, 5) is 38.3. The topological polar surface area (TPSA) is 109 Å². The van der Waals surface area contributed by atoms with E-state index in [0.29, 0.717) is 50.8 Å². The van der Waals surface area contributed by atoms with Crippen molar-refractivity contribution >= 4 is 23.6 Å². The van der Waals surface area contributed by atoms with Crippen LogP contribution in [0.15, 0.2) is 24.3 Å². The molecule has 1 unspecified atom stereocenters. The highest BCUT2D eigenvalue weighted by Crippen LogP contribution is 2.32. The van der Waals surface area contributed by atoms with Crippen LogP contribution in [0.5, 0.6) is 0 Å². The lowest BCUT2D eigenvalue weighted by molar-refractivity contribution is 0.0222. The van der Waals surface area contributed by atoms with Gasteiger partial charge in [-0.25, -0.2) is 28.3 Å². The number of hydrogen-bond donors (Lipinski definition) is 2. The second-order valence-electron chi connectivity index (χ2n) is 10.4. The van der Waals surface area contributed by atoms with Gasteiger partial charge in [-0.2, -0.15) is 0 Å². The van der Waals surface area contributed by atoms with E-state index in [1.165, 1.54) is 0 Å². The van der Waals surface area contributed by atoms with Crippen molar-refractivity contribution in [2.45, 2.75) is 58.7 Å². The summed E-state index contributed by atoms with van der Waals surface area (Å²) in [6.07, 6.45) is -2.43. The second kappa shape index (κ2) is 11.5. The Morgan fingerprint density at radius 3 is 2.58 bits per heavy atom. The summed E-state index contributed by atoms with van der Waals surface area (Å²) < 4.78 is 35.9. The van der Waals surface area contributed by atoms with Gasteiger partial charge in [-0.1, -0.05) is 0 Å². The number of aromatic nitrogens is 2. The van der Waals surface area contributed by atoms with Crippen molar-refractivity contribution in [2.24, 2.45) is 0 Å². The fourth-order valence-electron chi connectivity index (χ4n) is 4.34. The monoisotopic (exact) mass is 532 g/mol. The molecular formula is C26H34F2N6O4. The van der Waals surface area contributed by atoms with E-state index in [9.17, 15) is 18.4 Å². The predicted molar refractivity (Wildman–Crippen MR) is 138 cm³/mol. The van der Waals surface area contributed by atoms with Crippen molar-refractivity contribution in [1.29, 1.82) is 0 Å². The summed E-state index contributed by atoms with van der Waals surface area (Å²) in [5.74, 6) is 1.29. The van der Waals surface area contributed by atoms with Crippen molar-refractivity contribution < 1.29 is 27.8 Å². The van der Waals surface area contributed by atoms with Gasteiger partial charge in [0.2, 0.25) is 0 Å². The first-order valence-corrected chi connectivity index (χ1v) is 12.7. The third-order valence-corrected chi connectivity index (χ3v) is 6.15. The maximum Gasteiger partial charge on any atom is 0.410 e. The summed E-state index contributed by atoms with van der Waals surface area (Å²) in [5, 5.41) is 4.64. The molecule has 0 aliphatic carbocycles. The van der Waals surface area contributed by atoms with Gasteiger partial charge in [0.25, 0.3) is 6.43 Å². The van der Waals surface area contributed by atoms with Crippen LogP contribution in [0, 0.1) is 0 Å². The summed E-state index contributed by atoms with van der Waals surface area (Å²) in [5.41, 5.74) is 2.37. The number of carbonyl (C=O) groups is 2. The molecule has 12 heteroatoms. The molecule has 10 nitrogen and oxygen atoms in total. The van der Waals surface area contributed by atoms with Crippen LogP contribution in [0.25, 0.3) is 11.4 Å². The molecule has 3 heterocycles. The van der Waals surface area contributed by atoms with Gasteiger partial charge in [0.15, 0.2) is 5.82 Å². The zero-order valence-corrected chi connectivity index (χ0v) is 22.1. The summed E-state index contributed by atoms with van der Waals surface area (Å²) in [7, 11) is 0. The largest absolute Gasteiger partial charge is 0.444 e. The van der Waals surface area contributed by atoms with Crippen molar-refractivity contribution in [1.82, 2.24) is 20.2 Å². The maximum absolute atomic E-state index is 12.8. The molecule has 0 spiro atoms. The fourth-order valence-corrected chi connectivity index (χ4v) is 4.34. The van der Waals surface area contributed by atoms with Crippen molar-refractivity contribution in [2.75, 3.05) is 43.1 Å². The van der Waals surface area contributed by atoms with Crippen LogP contribution in [0.3, 0.4) is 0 Å². The molecule has 3 amide bonds. The number of rotatable bonds is 5. The Hall–Kier alpha value is -3.54. The zero-order valence-electron chi connectivity index (χ0n) is 22.1. The van der Waals surface area contributed by atoms with E-state index in [2.05, 4.69) is 22.5 Å². The molecule has 2 aliphatic rings. The molecule has 1 saturated heterocycles. The van der Waals surface area contributed by atoms with E-state index >= 15 is 0 Å². The van der Waals surface area contributed by atoms with Crippen LogP contribution in [-0.4, -0.2) is 77.9 Å². The minimum atomic E-state index is -2.62. The van der Waals surface area contributed by atoms with Crippen LogP contribution in [0.1, 0.15) is 39.0 Å². The lowest BCUT2D eigenvalue weighted by Gasteiger charge is -2.38. The van der Waals surface area contributed by atoms with Gasteiger partial charge in [0.1, 0.15) is 11.4 Å². The Balaban J connectivity index is 1.61. The number of anilines is 2. The number of hydrogen-bond acceptors (Lipinski definition) is 7. The minimum absolute atomic E-state index is 0.0887. The second-order valence-corrected chi connectivity index (χ2v) is 10.4. The fraction of sp³-hybridized carbons (Fsp3) is 0.538. The quantitative estimate of drug-likeness (QED) is 0.598. The van der Waals surface area contributed by atoms with Gasteiger partial charge in [0, 0.05) is 36.3 Å². The molecule has 206 valence electrons. The first-order chi connectivity index (χ1) is 18.0. The number of nitrogens with zero attached hydrogens (tertiary/aromatic N) is 4. The first-order valence-electron chi connectivity index (χ1n) is 12.7. The molecule has 1 fully saturated rings. The van der Waals surface area contributed by atoms with E-state index in [4.69, 9.17) is 19.4 Å². The van der Waals surface area contributed by atoms with E-state index in [0.717, 1.165) is 22.6 Å². The third kappa shape index (κ3) is 6.85. The van der Waals surface area contributed by atoms with Gasteiger partial charge in [-0.3, -0.25) is 0 Å². The van der Waals surface area contributed by atoms with Crippen LogP contribution in [-0.2, 0) is 22.4 Å². The lowest BCUT2D eigenvalue weighted by atomic mass is 10.0. The van der Waals surface area contributed by atoms with Gasteiger partial charge in [0.05, 0.1) is 38.0 Å². The molecule has 0 radical (unpaired) electrons. The summed E-state index contributed by atoms with van der Waals surface area (Å²) in [6.45, 7) is 9.50. The highest BCUT2D eigenvalue weighted by molar-refractivity contribution is 5.89. The smallest absolute Gasteiger partial charge is 0.410 e. The van der Waals surface area contributed by atoms with Crippen molar-refractivity contribution in [3.8, 4) is 11.4 Å². The number of halogens is 2. The normalized spacial score (nSPS) is 17.7. The molecule has 1 aromatic heterocycles. The first kappa shape index (κ1) is 27.5. The highest BCUT2D eigenvalue weighted by atomic mass is 19.3. The van der Waals surface area contributed by atoms with Crippen LogP contribution < -0.4 is 15.5 Å². The Bertz CT molecular complexity index is 1160. The number of urea groups is 1. The SMILES string of the molecule is CC1COCCN1c1nc(-c2ccc(NC(=O)NCC(F)F)cc2)nc2c1CN(C(=O)OC(C)(C)C)CC2. The van der Waals surface area contributed by atoms with Crippen LogP contribution in [0.4, 0.5) is 29.9 Å². The third-order valence-electron chi connectivity index (χ3n) is 6.15. The maximum atomic E-state index is 12.8. The van der Waals surface area contributed by atoms with Gasteiger partial charge in [-0.05, 0) is 52.0 Å². The average Bonchev–Trinajstić information content (AvgIpc) is 2.86. The van der Waals surface area contributed by atoms with Gasteiger partial charge in [-0.15, -0.1) is 0 Å². The molecule has 1 atom stereocenters. The molecular weight excluding hydrogens is 498 g/mol. The van der Waals surface area contributed by atoms with Gasteiger partial charge < -0.3 is 29.9 Å². The van der Waals surface area contributed by atoms with Crippen molar-refractivity contribution in [3.05, 3.63) is 35.5 Å². The molecule has 2 aromatic rings.